The minimum Gasteiger partial charge on any atom is -0.309 e. The molecule has 0 bridgehead atoms. The molecule has 1 fully saturated rings. The van der Waals surface area contributed by atoms with Crippen molar-refractivity contribution in [2.75, 3.05) is 6.54 Å². The van der Waals surface area contributed by atoms with Crippen LogP contribution in [0.2, 0.25) is 0 Å². The van der Waals surface area contributed by atoms with Crippen LogP contribution in [0.4, 0.5) is 0 Å². The van der Waals surface area contributed by atoms with Gasteiger partial charge in [0, 0.05) is 6.04 Å². The fourth-order valence-electron chi connectivity index (χ4n) is 3.97. The summed E-state index contributed by atoms with van der Waals surface area (Å²) in [7, 11) is 0. The van der Waals surface area contributed by atoms with Crippen LogP contribution in [0.3, 0.4) is 0 Å². The fraction of sp³-hybridized carbons (Fsp3) is 0.368. The molecule has 1 unspecified atom stereocenters. The summed E-state index contributed by atoms with van der Waals surface area (Å²) < 4.78 is 5.28. The average molecular weight is 363 g/mol. The van der Waals surface area contributed by atoms with Crippen molar-refractivity contribution in [1.82, 2.24) is 34.3 Å². The first kappa shape index (κ1) is 16.2. The van der Waals surface area contributed by atoms with Crippen LogP contribution >= 0.6 is 0 Å². The molecule has 1 aliphatic heterocycles. The maximum Gasteiger partial charge on any atom is 0.279 e. The molecule has 138 valence electrons. The molecule has 0 aliphatic carbocycles. The number of hydrogen-bond donors (Lipinski definition) is 1. The van der Waals surface area contributed by atoms with Crippen molar-refractivity contribution in [3.8, 4) is 5.82 Å². The molecule has 4 heterocycles. The molecule has 3 aromatic heterocycles. The summed E-state index contributed by atoms with van der Waals surface area (Å²) in [5.41, 5.74) is 3.16. The summed E-state index contributed by atoms with van der Waals surface area (Å²) in [6.45, 7) is 5.02. The third kappa shape index (κ3) is 2.40. The summed E-state index contributed by atoms with van der Waals surface area (Å²) in [6, 6.07) is 8.14. The predicted octanol–water partition coefficient (Wildman–Crippen LogP) is 2.24. The highest BCUT2D eigenvalue weighted by molar-refractivity contribution is 5.81. The van der Waals surface area contributed by atoms with Gasteiger partial charge < -0.3 is 9.88 Å². The molecule has 1 saturated heterocycles. The molecular weight excluding hydrogens is 342 g/mol. The molecule has 1 N–H and O–H groups in total. The molecule has 8 heteroatoms. The van der Waals surface area contributed by atoms with E-state index in [-0.39, 0.29) is 17.6 Å². The van der Waals surface area contributed by atoms with Gasteiger partial charge >= 0.3 is 0 Å². The zero-order chi connectivity index (χ0) is 18.5. The summed E-state index contributed by atoms with van der Waals surface area (Å²) in [6.07, 6.45) is 5.75. The van der Waals surface area contributed by atoms with Crippen molar-refractivity contribution in [3.05, 3.63) is 52.8 Å². The molecule has 4 aromatic rings. The number of aromatic nitrogens is 6. The Hall–Kier alpha value is -3.00. The minimum absolute atomic E-state index is 0.0316. The van der Waals surface area contributed by atoms with Crippen LogP contribution in [-0.2, 0) is 0 Å². The Balaban J connectivity index is 1.76. The second-order valence-electron chi connectivity index (χ2n) is 7.28. The van der Waals surface area contributed by atoms with Crippen LogP contribution in [0.15, 0.2) is 41.6 Å². The molecule has 1 atom stereocenters. The first-order valence-corrected chi connectivity index (χ1v) is 9.31. The number of imidazole rings is 1. The van der Waals surface area contributed by atoms with Crippen molar-refractivity contribution in [1.29, 1.82) is 0 Å². The third-order valence-corrected chi connectivity index (χ3v) is 5.23. The maximum atomic E-state index is 13.3. The van der Waals surface area contributed by atoms with Crippen molar-refractivity contribution >= 4 is 16.6 Å². The molecule has 1 aliphatic rings. The van der Waals surface area contributed by atoms with E-state index < -0.39 is 0 Å². The Bertz CT molecular complexity index is 1190. The van der Waals surface area contributed by atoms with Gasteiger partial charge in [-0.1, -0.05) is 17.3 Å². The van der Waals surface area contributed by atoms with Gasteiger partial charge in [0.1, 0.15) is 12.0 Å². The lowest BCUT2D eigenvalue weighted by atomic mass is 10.2. The van der Waals surface area contributed by atoms with E-state index in [1.54, 1.807) is 11.0 Å². The first-order valence-electron chi connectivity index (χ1n) is 9.31. The van der Waals surface area contributed by atoms with E-state index in [1.165, 1.54) is 0 Å². The molecule has 0 saturated carbocycles. The van der Waals surface area contributed by atoms with Crippen LogP contribution in [0.1, 0.15) is 44.5 Å². The number of benzene rings is 1. The van der Waals surface area contributed by atoms with Gasteiger partial charge in [-0.05, 0) is 45.4 Å². The van der Waals surface area contributed by atoms with E-state index in [2.05, 4.69) is 20.6 Å². The van der Waals surface area contributed by atoms with Crippen molar-refractivity contribution in [2.24, 2.45) is 0 Å². The summed E-state index contributed by atoms with van der Waals surface area (Å²) in [5, 5.41) is 12.0. The Morgan fingerprint density at radius 1 is 1.22 bits per heavy atom. The second-order valence-corrected chi connectivity index (χ2v) is 7.28. The van der Waals surface area contributed by atoms with E-state index in [0.29, 0.717) is 11.3 Å². The van der Waals surface area contributed by atoms with Crippen molar-refractivity contribution in [2.45, 2.75) is 38.8 Å². The van der Waals surface area contributed by atoms with E-state index in [4.69, 9.17) is 0 Å². The molecule has 0 spiro atoms. The number of rotatable bonds is 3. The van der Waals surface area contributed by atoms with Gasteiger partial charge in [0.05, 0.1) is 23.3 Å². The van der Waals surface area contributed by atoms with Crippen LogP contribution in [0.5, 0.6) is 0 Å². The molecule has 5 rings (SSSR count). The quantitative estimate of drug-likeness (QED) is 0.604. The minimum atomic E-state index is -0.0766. The predicted molar refractivity (Wildman–Crippen MR) is 102 cm³/mol. The van der Waals surface area contributed by atoms with Gasteiger partial charge in [-0.25, -0.2) is 4.98 Å². The standard InChI is InChI=1S/C19H21N7O/c1-12(2)26-16-8-4-3-7-15(16)24-11-21-18(17(24)19(26)27)25-10-14(22-23-25)13-6-5-9-20-13/h3-4,7-8,10-13,20H,5-6,9H2,1-2H3. The number of fused-ring (bicyclic) bond motifs is 3. The van der Waals surface area contributed by atoms with Gasteiger partial charge in [0.2, 0.25) is 0 Å². The van der Waals surface area contributed by atoms with E-state index >= 15 is 0 Å². The van der Waals surface area contributed by atoms with Crippen molar-refractivity contribution < 1.29 is 0 Å². The monoisotopic (exact) mass is 363 g/mol. The zero-order valence-electron chi connectivity index (χ0n) is 15.3. The Morgan fingerprint density at radius 3 is 2.78 bits per heavy atom. The highest BCUT2D eigenvalue weighted by Gasteiger charge is 2.22. The van der Waals surface area contributed by atoms with E-state index in [9.17, 15) is 4.79 Å². The van der Waals surface area contributed by atoms with E-state index in [1.807, 2.05) is 53.3 Å². The normalized spacial score (nSPS) is 17.5. The van der Waals surface area contributed by atoms with Crippen LogP contribution in [-0.4, -0.2) is 35.5 Å². The SMILES string of the molecule is CC(C)n1c(=O)c2c(-n3cc(C4CCCN4)nn3)ncn2c2ccccc21. The van der Waals surface area contributed by atoms with Gasteiger partial charge in [-0.3, -0.25) is 9.20 Å². The zero-order valence-corrected chi connectivity index (χ0v) is 15.3. The molecule has 27 heavy (non-hydrogen) atoms. The highest BCUT2D eigenvalue weighted by atomic mass is 16.1. The lowest BCUT2D eigenvalue weighted by Gasteiger charge is -2.15. The Morgan fingerprint density at radius 2 is 2.04 bits per heavy atom. The molecule has 1 aromatic carbocycles. The molecular formula is C19H21N7O. The highest BCUT2D eigenvalue weighted by Crippen LogP contribution is 2.23. The van der Waals surface area contributed by atoms with Gasteiger partial charge in [-0.15, -0.1) is 5.10 Å². The van der Waals surface area contributed by atoms with Gasteiger partial charge in [-0.2, -0.15) is 4.68 Å². The topological polar surface area (TPSA) is 82.0 Å². The van der Waals surface area contributed by atoms with Crippen LogP contribution in [0.25, 0.3) is 22.4 Å². The van der Waals surface area contributed by atoms with E-state index in [0.717, 1.165) is 36.1 Å². The number of nitrogens with one attached hydrogen (secondary N) is 1. The second kappa shape index (κ2) is 6.02. The number of nitrogens with zero attached hydrogens (tertiary/aromatic N) is 6. The lowest BCUT2D eigenvalue weighted by Crippen LogP contribution is -2.25. The summed E-state index contributed by atoms with van der Waals surface area (Å²) in [4.78, 5) is 17.8. The van der Waals surface area contributed by atoms with Crippen molar-refractivity contribution in [3.63, 3.8) is 0 Å². The summed E-state index contributed by atoms with van der Waals surface area (Å²) >= 11 is 0. The fourth-order valence-corrected chi connectivity index (χ4v) is 3.97. The Labute approximate surface area is 155 Å². The molecule has 0 amide bonds. The number of para-hydroxylation sites is 2. The van der Waals surface area contributed by atoms with Gasteiger partial charge in [0.15, 0.2) is 11.3 Å². The van der Waals surface area contributed by atoms with Gasteiger partial charge in [0.25, 0.3) is 5.56 Å². The maximum absolute atomic E-state index is 13.3. The first-order chi connectivity index (χ1) is 13.1. The largest absolute Gasteiger partial charge is 0.309 e. The smallest absolute Gasteiger partial charge is 0.279 e. The average Bonchev–Trinajstić information content (AvgIpc) is 3.40. The lowest BCUT2D eigenvalue weighted by molar-refractivity contribution is 0.600. The molecule has 0 radical (unpaired) electrons. The van der Waals surface area contributed by atoms with Crippen LogP contribution < -0.4 is 10.9 Å². The van der Waals surface area contributed by atoms with Crippen LogP contribution in [0, 0.1) is 0 Å². The molecule has 8 nitrogen and oxygen atoms in total. The Kier molecular flexibility index (Phi) is 3.61. The third-order valence-electron chi connectivity index (χ3n) is 5.23. The number of hydrogen-bond acceptors (Lipinski definition) is 5. The summed E-state index contributed by atoms with van der Waals surface area (Å²) in [5.74, 6) is 0.511.